The maximum atomic E-state index is 11.6. The van der Waals surface area contributed by atoms with Gasteiger partial charge < -0.3 is 10.0 Å². The maximum absolute atomic E-state index is 11.6. The highest BCUT2D eigenvalue weighted by atomic mass is 16.4. The van der Waals surface area contributed by atoms with Crippen molar-refractivity contribution in [3.05, 3.63) is 35.9 Å². The van der Waals surface area contributed by atoms with E-state index in [2.05, 4.69) is 43.0 Å². The molecule has 0 aromatic heterocycles. The zero-order valence-electron chi connectivity index (χ0n) is 13.7. The first kappa shape index (κ1) is 16.8. The zero-order valence-corrected chi connectivity index (χ0v) is 13.7. The first-order valence-corrected chi connectivity index (χ1v) is 8.39. The summed E-state index contributed by atoms with van der Waals surface area (Å²) in [5.74, 6) is 0. The summed E-state index contributed by atoms with van der Waals surface area (Å²) in [6.07, 6.45) is 3.24. The van der Waals surface area contributed by atoms with Crippen LogP contribution in [0.25, 0.3) is 0 Å². The van der Waals surface area contributed by atoms with E-state index in [4.69, 9.17) is 0 Å². The number of carbonyl (C=O) groups is 1. The van der Waals surface area contributed by atoms with Gasteiger partial charge in [-0.2, -0.15) is 0 Å². The van der Waals surface area contributed by atoms with Crippen LogP contribution in [0.4, 0.5) is 4.79 Å². The van der Waals surface area contributed by atoms with Crippen molar-refractivity contribution in [2.75, 3.05) is 13.1 Å². The molecular weight excluding hydrogens is 276 g/mol. The lowest BCUT2D eigenvalue weighted by atomic mass is 9.97. The molecule has 1 saturated heterocycles. The minimum absolute atomic E-state index is 0.129. The van der Waals surface area contributed by atoms with E-state index in [0.29, 0.717) is 12.6 Å². The topological polar surface area (TPSA) is 43.8 Å². The van der Waals surface area contributed by atoms with E-state index < -0.39 is 6.09 Å². The summed E-state index contributed by atoms with van der Waals surface area (Å²) in [6.45, 7) is 6.75. The number of rotatable bonds is 6. The Labute approximate surface area is 133 Å². The number of hydrogen-bond acceptors (Lipinski definition) is 2. The van der Waals surface area contributed by atoms with Crippen molar-refractivity contribution >= 4 is 6.09 Å². The van der Waals surface area contributed by atoms with E-state index in [1.807, 2.05) is 6.07 Å². The van der Waals surface area contributed by atoms with Gasteiger partial charge in [0.2, 0.25) is 0 Å². The minimum atomic E-state index is -0.771. The molecule has 1 aromatic carbocycles. The molecule has 0 radical (unpaired) electrons. The molecule has 0 bridgehead atoms. The standard InChI is InChI=1S/C18H28N2O2/c1-3-4-12-20(18(21)22)17-11-10-15(2)19(14-17)13-16-8-6-5-7-9-16/h5-9,15,17H,3-4,10-14H2,1-2H3,(H,21,22). The predicted molar refractivity (Wildman–Crippen MR) is 89.0 cm³/mol. The second-order valence-corrected chi connectivity index (χ2v) is 6.32. The molecule has 1 aliphatic heterocycles. The summed E-state index contributed by atoms with van der Waals surface area (Å²) in [4.78, 5) is 15.6. The Kier molecular flexibility index (Phi) is 6.25. The molecule has 22 heavy (non-hydrogen) atoms. The number of carboxylic acid groups (broad SMARTS) is 1. The van der Waals surface area contributed by atoms with Crippen molar-refractivity contribution in [1.29, 1.82) is 0 Å². The second kappa shape index (κ2) is 8.18. The molecule has 2 atom stereocenters. The fourth-order valence-corrected chi connectivity index (χ4v) is 3.21. The van der Waals surface area contributed by atoms with Gasteiger partial charge in [-0.25, -0.2) is 4.79 Å². The number of hydrogen-bond donors (Lipinski definition) is 1. The van der Waals surface area contributed by atoms with Crippen LogP contribution in [0, 0.1) is 0 Å². The third kappa shape index (κ3) is 4.47. The fraction of sp³-hybridized carbons (Fsp3) is 0.611. The Morgan fingerprint density at radius 3 is 2.68 bits per heavy atom. The third-order valence-electron chi connectivity index (χ3n) is 4.65. The molecule has 2 rings (SSSR count). The van der Waals surface area contributed by atoms with Crippen LogP contribution in [0.3, 0.4) is 0 Å². The summed E-state index contributed by atoms with van der Waals surface area (Å²) in [5, 5.41) is 9.50. The molecule has 1 N–H and O–H groups in total. The Morgan fingerprint density at radius 1 is 1.32 bits per heavy atom. The monoisotopic (exact) mass is 304 g/mol. The van der Waals surface area contributed by atoms with E-state index in [9.17, 15) is 9.90 Å². The molecule has 4 heteroatoms. The van der Waals surface area contributed by atoms with Crippen molar-refractivity contribution in [2.45, 2.75) is 58.2 Å². The summed E-state index contributed by atoms with van der Waals surface area (Å²) in [5.41, 5.74) is 1.30. The molecule has 4 nitrogen and oxygen atoms in total. The van der Waals surface area contributed by atoms with Gasteiger partial charge in [0, 0.05) is 31.7 Å². The Balaban J connectivity index is 2.01. The van der Waals surface area contributed by atoms with Gasteiger partial charge >= 0.3 is 6.09 Å². The molecule has 2 unspecified atom stereocenters. The number of unbranched alkanes of at least 4 members (excludes halogenated alkanes) is 1. The second-order valence-electron chi connectivity index (χ2n) is 6.32. The van der Waals surface area contributed by atoms with Crippen molar-refractivity contribution < 1.29 is 9.90 Å². The molecule has 1 aromatic rings. The summed E-state index contributed by atoms with van der Waals surface area (Å²) in [7, 11) is 0. The quantitative estimate of drug-likeness (QED) is 0.869. The summed E-state index contributed by atoms with van der Waals surface area (Å²) < 4.78 is 0. The molecule has 1 fully saturated rings. The highest BCUT2D eigenvalue weighted by Gasteiger charge is 2.31. The van der Waals surface area contributed by atoms with E-state index in [0.717, 1.165) is 38.8 Å². The Hall–Kier alpha value is -1.55. The fourth-order valence-electron chi connectivity index (χ4n) is 3.21. The first-order valence-electron chi connectivity index (χ1n) is 8.39. The van der Waals surface area contributed by atoms with Gasteiger partial charge in [-0.3, -0.25) is 4.90 Å². The van der Waals surface area contributed by atoms with Gasteiger partial charge in [0.15, 0.2) is 0 Å². The lowest BCUT2D eigenvalue weighted by Crippen LogP contribution is -2.52. The van der Waals surface area contributed by atoms with Gasteiger partial charge in [-0.05, 0) is 31.7 Å². The smallest absolute Gasteiger partial charge is 0.407 e. The van der Waals surface area contributed by atoms with Crippen LogP contribution in [-0.4, -0.2) is 46.2 Å². The average molecular weight is 304 g/mol. The van der Waals surface area contributed by atoms with Crippen molar-refractivity contribution in [1.82, 2.24) is 9.80 Å². The highest BCUT2D eigenvalue weighted by molar-refractivity contribution is 5.65. The molecule has 1 aliphatic rings. The zero-order chi connectivity index (χ0) is 15.9. The Morgan fingerprint density at radius 2 is 2.05 bits per heavy atom. The molecule has 0 aliphatic carbocycles. The lowest BCUT2D eigenvalue weighted by Gasteiger charge is -2.41. The number of amides is 1. The van der Waals surface area contributed by atoms with Crippen LogP contribution < -0.4 is 0 Å². The van der Waals surface area contributed by atoms with Crippen LogP contribution in [0.5, 0.6) is 0 Å². The van der Waals surface area contributed by atoms with Crippen LogP contribution in [0.15, 0.2) is 30.3 Å². The van der Waals surface area contributed by atoms with Crippen molar-refractivity contribution in [3.63, 3.8) is 0 Å². The lowest BCUT2D eigenvalue weighted by molar-refractivity contribution is 0.0574. The van der Waals surface area contributed by atoms with E-state index in [1.165, 1.54) is 5.56 Å². The van der Waals surface area contributed by atoms with Crippen LogP contribution in [-0.2, 0) is 6.54 Å². The molecule has 0 saturated carbocycles. The van der Waals surface area contributed by atoms with E-state index in [1.54, 1.807) is 4.90 Å². The molecule has 1 heterocycles. The largest absolute Gasteiger partial charge is 0.465 e. The van der Waals surface area contributed by atoms with Crippen LogP contribution >= 0.6 is 0 Å². The van der Waals surface area contributed by atoms with Crippen molar-refractivity contribution in [2.24, 2.45) is 0 Å². The van der Waals surface area contributed by atoms with Crippen molar-refractivity contribution in [3.8, 4) is 0 Å². The van der Waals surface area contributed by atoms with Gasteiger partial charge in [0.25, 0.3) is 0 Å². The number of piperidine rings is 1. The minimum Gasteiger partial charge on any atom is -0.465 e. The number of benzene rings is 1. The van der Waals surface area contributed by atoms with Crippen LogP contribution in [0.2, 0.25) is 0 Å². The van der Waals surface area contributed by atoms with Gasteiger partial charge in [-0.1, -0.05) is 43.7 Å². The highest BCUT2D eigenvalue weighted by Crippen LogP contribution is 2.23. The first-order chi connectivity index (χ1) is 10.6. The third-order valence-corrected chi connectivity index (χ3v) is 4.65. The molecule has 0 spiro atoms. The summed E-state index contributed by atoms with van der Waals surface area (Å²) >= 11 is 0. The predicted octanol–water partition coefficient (Wildman–Crippen LogP) is 3.82. The van der Waals surface area contributed by atoms with Crippen LogP contribution in [0.1, 0.15) is 45.1 Å². The SMILES string of the molecule is CCCCN(C(=O)O)C1CCC(C)N(Cc2ccccc2)C1. The molecule has 122 valence electrons. The maximum Gasteiger partial charge on any atom is 0.407 e. The van der Waals surface area contributed by atoms with Gasteiger partial charge in [0.05, 0.1) is 0 Å². The molecule has 1 amide bonds. The average Bonchev–Trinajstić information content (AvgIpc) is 2.51. The normalized spacial score (nSPS) is 22.5. The Bertz CT molecular complexity index is 463. The number of nitrogens with zero attached hydrogens (tertiary/aromatic N) is 2. The van der Waals surface area contributed by atoms with E-state index in [-0.39, 0.29) is 6.04 Å². The summed E-state index contributed by atoms with van der Waals surface area (Å²) in [6, 6.07) is 11.1. The molecular formula is C18H28N2O2. The number of likely N-dealkylation sites (tertiary alicyclic amines) is 1. The van der Waals surface area contributed by atoms with E-state index >= 15 is 0 Å². The van der Waals surface area contributed by atoms with Gasteiger partial charge in [0.1, 0.15) is 0 Å². The van der Waals surface area contributed by atoms with Gasteiger partial charge in [-0.15, -0.1) is 0 Å².